The second-order valence-electron chi connectivity index (χ2n) is 28.3. The number of nitrogens with one attached hydrogen (secondary N) is 7. The molecule has 588 valence electrons. The number of aliphatic hydroxyl groups is 8. The summed E-state index contributed by atoms with van der Waals surface area (Å²) in [4.78, 5) is 119. The van der Waals surface area contributed by atoms with Crippen LogP contribution in [0.2, 0.25) is 0 Å². The predicted octanol–water partition coefficient (Wildman–Crippen LogP) is -2.35. The van der Waals surface area contributed by atoms with E-state index in [2.05, 4.69) is 37.2 Å². The van der Waals surface area contributed by atoms with Gasteiger partial charge in [0.05, 0.1) is 37.4 Å². The standard InChI is InChI=1S/C72H87N9O28/c1-26(2)17-38(75-6)63(94)80-51-54(88)29-7-12-34(13-8-29)104-42-19-32-20-43(60(42)108-71-61(57(91)55(89)44(25-82)106-71)109-70-58(92)56(90)53(87)27(3)103-70)105-35-14-9-30(10-15-35)59(107-46-24-72(5,74)62(93)28(4)102-46)52-68(99)79-50(69(100)101)37-21-33(83)22-41(85)47(37)36-18-31(11-16-40(36)84)48(65(96)81-52)78-66(97)49(32)77-64(95)39(23-45(73)86)76-67(51)98/h7-16,18-22,26-28,38-39,44,46,48-59,61-62,70-71,75,82-85,87-93H,17,23-25,74H2,1-6H3,(H2,73,86)(H,76,98)(H,77,95)(H,78,97)(H,79,99)(H,80,94)(H,81,96)(H,100,101). The molecule has 0 aliphatic carbocycles. The van der Waals surface area contributed by atoms with Gasteiger partial charge in [-0.2, -0.15) is 0 Å². The van der Waals surface area contributed by atoms with Gasteiger partial charge in [-0.05, 0) is 117 Å². The monoisotopic (exact) mass is 1530 g/mol. The Balaban J connectivity index is 1.17. The maximum Gasteiger partial charge on any atom is 0.330 e. The first-order valence-electron chi connectivity index (χ1n) is 34.8. The SMILES string of the molecule is CNC(CC(C)C)C(=O)NC1C(=O)NC(CC(N)=O)C(=O)NC2C(=O)NC3C(=O)NC(C(=O)NC(C(=O)O)c4cc(O)cc(O)c4-c4cc3ccc4O)C(OC3CC(C)(N)C(O)C(C)O3)c3ccc(cc3)Oc3cc2cc(c3OC2OC(CO)C(O)C(O)C2OC2OC(C)C(O)C(O)C2O)Oc2ccc(cc2)C1O. The lowest BCUT2D eigenvalue weighted by Gasteiger charge is -2.45. The number of nitrogens with two attached hydrogens (primary N) is 2. The van der Waals surface area contributed by atoms with Crippen molar-refractivity contribution >= 4 is 47.3 Å². The summed E-state index contributed by atoms with van der Waals surface area (Å²) >= 11 is 0. The maximum atomic E-state index is 16.3. The molecule has 8 aliphatic heterocycles. The van der Waals surface area contributed by atoms with Crippen LogP contribution in [0.3, 0.4) is 0 Å². The van der Waals surface area contributed by atoms with Crippen molar-refractivity contribution in [1.29, 1.82) is 0 Å². The van der Waals surface area contributed by atoms with E-state index in [1.54, 1.807) is 0 Å². The van der Waals surface area contributed by atoms with Crippen LogP contribution in [-0.4, -0.2) is 232 Å². The highest BCUT2D eigenvalue weighted by atomic mass is 16.8. The molecule has 109 heavy (non-hydrogen) atoms. The first kappa shape index (κ1) is 80.1. The molecule has 5 aromatic rings. The lowest BCUT2D eigenvalue weighted by Crippen LogP contribution is -2.64. The van der Waals surface area contributed by atoms with E-state index < -0.39 is 257 Å². The smallest absolute Gasteiger partial charge is 0.330 e. The molecule has 11 bridgehead atoms. The van der Waals surface area contributed by atoms with Gasteiger partial charge in [0.2, 0.25) is 53.4 Å². The Morgan fingerprint density at radius 1 is 0.651 bits per heavy atom. The number of phenolic OH excluding ortho intramolecular Hbond substituents is 3. The number of benzene rings is 5. The molecule has 13 rings (SSSR count). The highest BCUT2D eigenvalue weighted by Crippen LogP contribution is 2.49. The van der Waals surface area contributed by atoms with E-state index in [0.717, 1.165) is 42.5 Å². The second kappa shape index (κ2) is 32.7. The zero-order chi connectivity index (χ0) is 79.1. The van der Waals surface area contributed by atoms with Crippen molar-refractivity contribution in [2.45, 2.75) is 194 Å². The minimum atomic E-state index is -2.35. The second-order valence-corrected chi connectivity index (χ2v) is 28.3. The van der Waals surface area contributed by atoms with Gasteiger partial charge in [0.15, 0.2) is 36.2 Å². The molecule has 0 spiro atoms. The number of primary amides is 1. The number of fused-ring (bicyclic) bond motifs is 15. The summed E-state index contributed by atoms with van der Waals surface area (Å²) in [6.45, 7) is 6.89. The van der Waals surface area contributed by atoms with Gasteiger partial charge in [-0.1, -0.05) is 44.2 Å². The van der Waals surface area contributed by atoms with Crippen LogP contribution in [0, 0.1) is 5.92 Å². The summed E-state index contributed by atoms with van der Waals surface area (Å²) in [6.07, 6.45) is -27.9. The maximum absolute atomic E-state index is 16.3. The van der Waals surface area contributed by atoms with Crippen LogP contribution in [0.4, 0.5) is 0 Å². The van der Waals surface area contributed by atoms with Crippen molar-refractivity contribution in [1.82, 2.24) is 37.2 Å². The molecule has 0 radical (unpaired) electrons. The van der Waals surface area contributed by atoms with Crippen LogP contribution < -0.4 is 62.9 Å². The molecule has 0 saturated carbocycles. The van der Waals surface area contributed by atoms with Crippen LogP contribution in [0.25, 0.3) is 11.1 Å². The number of phenols is 3. The van der Waals surface area contributed by atoms with E-state index in [1.165, 1.54) is 76.3 Å². The first-order chi connectivity index (χ1) is 51.5. The Morgan fingerprint density at radius 3 is 1.87 bits per heavy atom. The van der Waals surface area contributed by atoms with E-state index in [4.69, 9.17) is 49.4 Å². The van der Waals surface area contributed by atoms with Gasteiger partial charge < -0.3 is 148 Å². The van der Waals surface area contributed by atoms with Crippen LogP contribution in [0.5, 0.6) is 46.0 Å². The largest absolute Gasteiger partial charge is 0.508 e. The normalized spacial score (nSPS) is 32.4. The summed E-state index contributed by atoms with van der Waals surface area (Å²) in [5, 5.41) is 153. The fourth-order valence-electron chi connectivity index (χ4n) is 13.8. The van der Waals surface area contributed by atoms with Gasteiger partial charge in [0.25, 0.3) is 0 Å². The number of carbonyl (C=O) groups excluding carboxylic acids is 7. The average molecular weight is 1530 g/mol. The number of aromatic hydroxyl groups is 3. The molecule has 3 saturated heterocycles. The predicted molar refractivity (Wildman–Crippen MR) is 370 cm³/mol. The summed E-state index contributed by atoms with van der Waals surface area (Å²) < 4.78 is 50.8. The highest BCUT2D eigenvalue weighted by molar-refractivity contribution is 6.00. The fraction of sp³-hybridized carbons (Fsp3) is 0.472. The molecule has 8 heterocycles. The summed E-state index contributed by atoms with van der Waals surface area (Å²) in [5.74, 6) is -15.4. The molecule has 7 amide bonds. The zero-order valence-electron chi connectivity index (χ0n) is 59.3. The van der Waals surface area contributed by atoms with E-state index >= 15 is 19.2 Å². The van der Waals surface area contributed by atoms with Crippen molar-refractivity contribution in [2.75, 3.05) is 13.7 Å². The number of carboxylic acid groups (broad SMARTS) is 1. The molecule has 8 aliphatic rings. The molecule has 23 N–H and O–H groups in total. The number of amides is 7. The van der Waals surface area contributed by atoms with Gasteiger partial charge in [-0.3, -0.25) is 33.6 Å². The van der Waals surface area contributed by atoms with Crippen molar-refractivity contribution < 1.29 is 138 Å². The third-order valence-electron chi connectivity index (χ3n) is 19.7. The number of aliphatic carboxylic acids is 1. The summed E-state index contributed by atoms with van der Waals surface area (Å²) in [5.41, 5.74) is 8.43. The van der Waals surface area contributed by atoms with E-state index in [1.807, 2.05) is 13.8 Å². The number of ether oxygens (including phenoxy) is 8. The molecule has 0 aromatic heterocycles. The van der Waals surface area contributed by atoms with Crippen molar-refractivity contribution in [2.24, 2.45) is 17.4 Å². The summed E-state index contributed by atoms with van der Waals surface area (Å²) in [7, 11) is 1.48. The number of likely N-dealkylation sites (N-methyl/N-ethyl adjacent to an activating group) is 1. The molecule has 5 aromatic carbocycles. The first-order valence-corrected chi connectivity index (χ1v) is 34.8. The Bertz CT molecular complexity index is 4250. The number of rotatable bonds is 15. The molecule has 37 nitrogen and oxygen atoms in total. The average Bonchev–Trinajstić information content (AvgIpc) is 0.768. The van der Waals surface area contributed by atoms with Gasteiger partial charge in [0, 0.05) is 34.7 Å². The quantitative estimate of drug-likeness (QED) is 0.0522. The number of hydrogen-bond acceptors (Lipinski definition) is 29. The number of carbonyl (C=O) groups is 8. The van der Waals surface area contributed by atoms with Crippen LogP contribution >= 0.6 is 0 Å². The topological polar surface area (TPSA) is 589 Å². The van der Waals surface area contributed by atoms with Gasteiger partial charge in [-0.25, -0.2) is 4.79 Å². The van der Waals surface area contributed by atoms with Crippen molar-refractivity contribution in [3.8, 4) is 57.1 Å². The van der Waals surface area contributed by atoms with Crippen LogP contribution in [-0.2, 0) is 62.0 Å². The Hall–Kier alpha value is -9.94. The van der Waals surface area contributed by atoms with Gasteiger partial charge in [-0.15, -0.1) is 0 Å². The molecule has 23 atom stereocenters. The Kier molecular flexibility index (Phi) is 24.0. The lowest BCUT2D eigenvalue weighted by molar-refractivity contribution is -0.354. The third kappa shape index (κ3) is 17.1. The fourth-order valence-corrected chi connectivity index (χ4v) is 13.8. The number of carboxylic acids is 1. The van der Waals surface area contributed by atoms with Gasteiger partial charge in [0.1, 0.15) is 108 Å². The number of aliphatic hydroxyl groups excluding tert-OH is 8. The van der Waals surface area contributed by atoms with E-state index in [0.29, 0.717) is 0 Å². The van der Waals surface area contributed by atoms with Crippen molar-refractivity contribution in [3.63, 3.8) is 0 Å². The van der Waals surface area contributed by atoms with E-state index in [9.17, 15) is 80.5 Å². The highest BCUT2D eigenvalue weighted by Gasteiger charge is 2.53. The molecule has 3 fully saturated rings. The molecular weight excluding hydrogens is 1440 g/mol. The third-order valence-corrected chi connectivity index (χ3v) is 19.7. The summed E-state index contributed by atoms with van der Waals surface area (Å²) in [6, 6.07) is 2.85. The van der Waals surface area contributed by atoms with Crippen LogP contribution in [0.1, 0.15) is 112 Å². The minimum Gasteiger partial charge on any atom is -0.508 e. The van der Waals surface area contributed by atoms with Gasteiger partial charge >= 0.3 is 5.97 Å². The lowest BCUT2D eigenvalue weighted by atomic mass is 9.86. The Labute approximate surface area is 620 Å². The zero-order valence-corrected chi connectivity index (χ0v) is 59.3. The minimum absolute atomic E-state index is 0.0567. The molecular formula is C72H87N9O28. The number of hydrogen-bond donors (Lipinski definition) is 21. The van der Waals surface area contributed by atoms with Crippen molar-refractivity contribution in [3.05, 3.63) is 119 Å². The van der Waals surface area contributed by atoms with E-state index in [-0.39, 0.29) is 46.9 Å². The molecule has 23 unspecified atom stereocenters. The Morgan fingerprint density at radius 2 is 1.27 bits per heavy atom. The molecule has 37 heteroatoms. The van der Waals surface area contributed by atoms with Crippen LogP contribution in [0.15, 0.2) is 91.0 Å².